The van der Waals surface area contributed by atoms with Gasteiger partial charge in [-0.05, 0) is 56.9 Å². The number of rotatable bonds is 1. The summed E-state index contributed by atoms with van der Waals surface area (Å²) in [6.07, 6.45) is 5.43. The fourth-order valence-corrected chi connectivity index (χ4v) is 12.7. The highest BCUT2D eigenvalue weighted by Gasteiger charge is 2.60. The van der Waals surface area contributed by atoms with E-state index in [-0.39, 0.29) is 15.9 Å². The number of carbonyl (C=O) groups is 1. The Bertz CT molecular complexity index is 847. The van der Waals surface area contributed by atoms with E-state index in [2.05, 4.69) is 78.7 Å². The number of fused-ring (bicyclic) bond motifs is 2. The molecule has 0 N–H and O–H groups in total. The molecule has 138 valence electrons. The topological polar surface area (TPSA) is 32.7 Å². The third-order valence-corrected chi connectivity index (χ3v) is 12.7. The van der Waals surface area contributed by atoms with Gasteiger partial charge in [0.15, 0.2) is 5.78 Å². The molecule has 2 aliphatic rings. The highest BCUT2D eigenvalue weighted by atomic mass is 28.3. The van der Waals surface area contributed by atoms with Crippen LogP contribution in [0, 0.1) is 0 Å². The molecule has 0 saturated heterocycles. The Morgan fingerprint density at radius 3 is 2.12 bits per heavy atom. The van der Waals surface area contributed by atoms with E-state index in [0.29, 0.717) is 0 Å². The van der Waals surface area contributed by atoms with E-state index in [9.17, 15) is 4.79 Å². The summed E-state index contributed by atoms with van der Waals surface area (Å²) < 4.78 is 0. The van der Waals surface area contributed by atoms with Crippen molar-refractivity contribution in [2.75, 3.05) is 19.0 Å². The lowest BCUT2D eigenvalue weighted by Gasteiger charge is -2.55. The molecule has 0 bridgehead atoms. The van der Waals surface area contributed by atoms with E-state index in [1.807, 2.05) is 12.2 Å². The van der Waals surface area contributed by atoms with Gasteiger partial charge in [-0.3, -0.25) is 4.79 Å². The Labute approximate surface area is 158 Å². The summed E-state index contributed by atoms with van der Waals surface area (Å²) in [6, 6.07) is 6.61. The lowest BCUT2D eigenvalue weighted by atomic mass is 10.1. The van der Waals surface area contributed by atoms with Crippen molar-refractivity contribution in [3.8, 4) is 0 Å². The van der Waals surface area contributed by atoms with Crippen LogP contribution < -0.4 is 10.1 Å². The van der Waals surface area contributed by atoms with E-state index < -0.39 is 8.07 Å². The lowest BCUT2D eigenvalue weighted by molar-refractivity contribution is -0.110. The summed E-state index contributed by atoms with van der Waals surface area (Å²) in [4.78, 5) is 19.4. The van der Waals surface area contributed by atoms with Crippen LogP contribution in [0.5, 0.6) is 0 Å². The third kappa shape index (κ3) is 2.54. The van der Waals surface area contributed by atoms with E-state index in [4.69, 9.17) is 4.99 Å². The molecule has 3 nitrogen and oxygen atoms in total. The van der Waals surface area contributed by atoms with E-state index >= 15 is 0 Å². The number of anilines is 1. The number of allylic oxidation sites excluding steroid dienone is 4. The molecule has 1 heterocycles. The Morgan fingerprint density at radius 2 is 1.58 bits per heavy atom. The normalized spacial score (nSPS) is 18.7. The molecule has 0 saturated carbocycles. The maximum atomic E-state index is 12.3. The SMILES string of the molecule is CN(C)c1ccc2c(c1)[Si](C(C)(C)C)(C(C)(C)C)C1=CC(=O)C=CC1=N2. The monoisotopic (exact) mass is 366 g/mol. The van der Waals surface area contributed by atoms with Crippen LogP contribution in [0.1, 0.15) is 41.5 Å². The second-order valence-corrected chi connectivity index (χ2v) is 15.2. The molecule has 4 heteroatoms. The van der Waals surface area contributed by atoms with Gasteiger partial charge in [0.05, 0.1) is 11.4 Å². The summed E-state index contributed by atoms with van der Waals surface area (Å²) in [5, 5.41) is 2.60. The molecule has 1 aromatic rings. The average molecular weight is 367 g/mol. The van der Waals surface area contributed by atoms with Crippen LogP contribution in [0.25, 0.3) is 0 Å². The van der Waals surface area contributed by atoms with Crippen LogP contribution in [-0.4, -0.2) is 33.7 Å². The molecule has 0 unspecified atom stereocenters. The molecule has 0 atom stereocenters. The molecule has 3 rings (SSSR count). The Hall–Kier alpha value is -1.94. The molecule has 0 radical (unpaired) electrons. The van der Waals surface area contributed by atoms with Gasteiger partial charge in [-0.15, -0.1) is 0 Å². The first kappa shape index (κ1) is 18.8. The van der Waals surface area contributed by atoms with Crippen molar-refractivity contribution in [1.29, 1.82) is 0 Å². The fourth-order valence-electron chi connectivity index (χ4n) is 5.13. The molecule has 0 aromatic heterocycles. The van der Waals surface area contributed by atoms with Gasteiger partial charge < -0.3 is 4.90 Å². The Balaban J connectivity index is 2.49. The van der Waals surface area contributed by atoms with Crippen molar-refractivity contribution in [3.05, 3.63) is 41.6 Å². The zero-order chi connectivity index (χ0) is 19.5. The zero-order valence-electron chi connectivity index (χ0n) is 17.3. The molecular weight excluding hydrogens is 336 g/mol. The molecule has 26 heavy (non-hydrogen) atoms. The van der Waals surface area contributed by atoms with Crippen LogP contribution >= 0.6 is 0 Å². The predicted octanol–water partition coefficient (Wildman–Crippen LogP) is 4.70. The summed E-state index contributed by atoms with van der Waals surface area (Å²) in [7, 11) is 1.79. The standard InChI is InChI=1S/C22H30N2OSi/c1-21(2,3)26(22(4,5)6)19-13-15(24(7)8)9-11-17(19)23-18-12-10-16(25)14-20(18)26/h9-14H,1-8H3. The quantitative estimate of drug-likeness (QED) is 0.533. The predicted molar refractivity (Wildman–Crippen MR) is 115 cm³/mol. The van der Waals surface area contributed by atoms with Gasteiger partial charge in [-0.2, -0.15) is 0 Å². The van der Waals surface area contributed by atoms with Gasteiger partial charge in [0.2, 0.25) is 0 Å². The smallest absolute Gasteiger partial charge is 0.178 e. The van der Waals surface area contributed by atoms with Crippen LogP contribution in [-0.2, 0) is 4.79 Å². The van der Waals surface area contributed by atoms with Crippen molar-refractivity contribution in [2.24, 2.45) is 4.99 Å². The Morgan fingerprint density at radius 1 is 0.962 bits per heavy atom. The number of hydrogen-bond acceptors (Lipinski definition) is 3. The minimum Gasteiger partial charge on any atom is -0.378 e. The molecule has 0 spiro atoms. The maximum Gasteiger partial charge on any atom is 0.178 e. The van der Waals surface area contributed by atoms with E-state index in [1.165, 1.54) is 16.1 Å². The number of benzene rings is 1. The first-order valence-corrected chi connectivity index (χ1v) is 11.2. The van der Waals surface area contributed by atoms with Crippen molar-refractivity contribution in [3.63, 3.8) is 0 Å². The first-order valence-electron chi connectivity index (χ1n) is 9.25. The largest absolute Gasteiger partial charge is 0.378 e. The van der Waals surface area contributed by atoms with Crippen LogP contribution in [0.4, 0.5) is 11.4 Å². The van der Waals surface area contributed by atoms with Gasteiger partial charge in [0.1, 0.15) is 8.07 Å². The van der Waals surface area contributed by atoms with Crippen LogP contribution in [0.15, 0.2) is 46.6 Å². The van der Waals surface area contributed by atoms with Crippen molar-refractivity contribution >= 4 is 36.1 Å². The van der Waals surface area contributed by atoms with E-state index in [0.717, 1.165) is 11.4 Å². The third-order valence-electron chi connectivity index (χ3n) is 5.76. The Kier molecular flexibility index (Phi) is 4.19. The van der Waals surface area contributed by atoms with Gasteiger partial charge in [0, 0.05) is 19.8 Å². The highest BCUT2D eigenvalue weighted by Crippen LogP contribution is 2.57. The van der Waals surface area contributed by atoms with Crippen molar-refractivity contribution < 1.29 is 4.79 Å². The molecule has 0 fully saturated rings. The number of aliphatic imine (C=N–C) groups is 1. The van der Waals surface area contributed by atoms with Crippen LogP contribution in [0.2, 0.25) is 10.1 Å². The van der Waals surface area contributed by atoms with Gasteiger partial charge in [-0.25, -0.2) is 4.99 Å². The van der Waals surface area contributed by atoms with Gasteiger partial charge in [-0.1, -0.05) is 41.5 Å². The molecule has 1 aliphatic carbocycles. The number of ketones is 1. The zero-order valence-corrected chi connectivity index (χ0v) is 18.3. The number of carbonyl (C=O) groups excluding carboxylic acids is 1. The number of nitrogens with zero attached hydrogens (tertiary/aromatic N) is 2. The first-order chi connectivity index (χ1) is 11.9. The van der Waals surface area contributed by atoms with Gasteiger partial charge in [0.25, 0.3) is 0 Å². The summed E-state index contributed by atoms with van der Waals surface area (Å²) in [5.41, 5.74) is 3.23. The number of hydrogen-bond donors (Lipinski definition) is 0. The summed E-state index contributed by atoms with van der Waals surface area (Å²) in [5.74, 6) is 0.0801. The minimum absolute atomic E-state index is 0.0312. The second kappa shape index (κ2) is 5.78. The van der Waals surface area contributed by atoms with Crippen molar-refractivity contribution in [2.45, 2.75) is 51.6 Å². The van der Waals surface area contributed by atoms with Gasteiger partial charge >= 0.3 is 0 Å². The van der Waals surface area contributed by atoms with E-state index in [1.54, 1.807) is 6.08 Å². The van der Waals surface area contributed by atoms with Crippen LogP contribution in [0.3, 0.4) is 0 Å². The molecule has 0 amide bonds. The molecule has 1 aliphatic heterocycles. The van der Waals surface area contributed by atoms with Crippen molar-refractivity contribution in [1.82, 2.24) is 0 Å². The highest BCUT2D eigenvalue weighted by molar-refractivity contribution is 7.06. The molecular formula is C22H30N2OSi. The lowest BCUT2D eigenvalue weighted by Crippen LogP contribution is -2.65. The maximum absolute atomic E-state index is 12.3. The summed E-state index contributed by atoms with van der Waals surface area (Å²) >= 11 is 0. The average Bonchev–Trinajstić information content (AvgIpc) is 2.49. The summed E-state index contributed by atoms with van der Waals surface area (Å²) in [6.45, 7) is 14.0. The second-order valence-electron chi connectivity index (χ2n) is 9.64. The molecule has 1 aromatic carbocycles. The minimum atomic E-state index is -2.36. The fraction of sp³-hybridized carbons (Fsp3) is 0.455.